The van der Waals surface area contributed by atoms with Crippen molar-refractivity contribution in [3.05, 3.63) is 0 Å². The number of nitrogens with zero attached hydrogens (tertiary/aromatic N) is 1. The van der Waals surface area contributed by atoms with E-state index < -0.39 is 5.60 Å². The topological polar surface area (TPSA) is 58.6 Å². The molecule has 0 radical (unpaired) electrons. The third kappa shape index (κ3) is 4.90. The highest BCUT2D eigenvalue weighted by molar-refractivity contribution is 5.79. The summed E-state index contributed by atoms with van der Waals surface area (Å²) < 4.78 is 5.37. The van der Waals surface area contributed by atoms with E-state index in [0.717, 1.165) is 12.8 Å². The molecule has 0 bridgehead atoms. The average molecular weight is 296 g/mol. The summed E-state index contributed by atoms with van der Waals surface area (Å²) in [7, 11) is 0. The molecular weight excluding hydrogens is 268 g/mol. The number of rotatable bonds is 3. The number of nitrogens with one attached hydrogen (secondary N) is 1. The Morgan fingerprint density at radius 3 is 2.19 bits per heavy atom. The van der Waals surface area contributed by atoms with Crippen LogP contribution in [-0.4, -0.2) is 41.6 Å². The number of piperidine rings is 1. The minimum atomic E-state index is -0.457. The fraction of sp³-hybridized carbons (Fsp3) is 0.875. The summed E-state index contributed by atoms with van der Waals surface area (Å²) in [6.45, 7) is 8.93. The van der Waals surface area contributed by atoms with Gasteiger partial charge in [0.1, 0.15) is 5.60 Å². The van der Waals surface area contributed by atoms with E-state index in [9.17, 15) is 9.59 Å². The molecule has 1 saturated heterocycles. The van der Waals surface area contributed by atoms with Crippen LogP contribution in [0.5, 0.6) is 0 Å². The third-order valence-electron chi connectivity index (χ3n) is 4.24. The maximum atomic E-state index is 12.1. The molecule has 1 N–H and O–H groups in total. The predicted molar refractivity (Wildman–Crippen MR) is 80.9 cm³/mol. The Kier molecular flexibility index (Phi) is 4.79. The standard InChI is InChI=1S/C16H28N2O3/c1-11(12-5-6-12)14(19)17-13-7-9-18(10-8-13)15(20)21-16(2,3)4/h11-13H,5-10H2,1-4H3,(H,17,19). The Labute approximate surface area is 127 Å². The van der Waals surface area contributed by atoms with Crippen LogP contribution < -0.4 is 5.32 Å². The minimum absolute atomic E-state index is 0.133. The number of hydrogen-bond donors (Lipinski definition) is 1. The summed E-state index contributed by atoms with van der Waals surface area (Å²) in [6.07, 6.45) is 3.74. The van der Waals surface area contributed by atoms with Gasteiger partial charge in [-0.25, -0.2) is 4.79 Å². The Morgan fingerprint density at radius 1 is 1.14 bits per heavy atom. The number of carbonyl (C=O) groups excluding carboxylic acids is 2. The maximum absolute atomic E-state index is 12.1. The van der Waals surface area contributed by atoms with E-state index in [2.05, 4.69) is 5.32 Å². The van der Waals surface area contributed by atoms with Crippen LogP contribution in [0.25, 0.3) is 0 Å². The number of amides is 2. The number of likely N-dealkylation sites (tertiary alicyclic amines) is 1. The molecular formula is C16H28N2O3. The lowest BCUT2D eigenvalue weighted by Crippen LogP contribution is -2.48. The number of carbonyl (C=O) groups is 2. The maximum Gasteiger partial charge on any atom is 0.410 e. The quantitative estimate of drug-likeness (QED) is 0.870. The number of ether oxygens (including phenoxy) is 1. The summed E-state index contributed by atoms with van der Waals surface area (Å²) >= 11 is 0. The predicted octanol–water partition coefficient (Wildman–Crippen LogP) is 2.55. The average Bonchev–Trinajstić information content (AvgIpc) is 3.20. The van der Waals surface area contributed by atoms with Crippen molar-refractivity contribution >= 4 is 12.0 Å². The molecule has 5 nitrogen and oxygen atoms in total. The summed E-state index contributed by atoms with van der Waals surface area (Å²) in [4.78, 5) is 25.8. The molecule has 1 saturated carbocycles. The third-order valence-corrected chi connectivity index (χ3v) is 4.24. The molecule has 120 valence electrons. The molecule has 1 unspecified atom stereocenters. The molecule has 0 aromatic rings. The highest BCUT2D eigenvalue weighted by atomic mass is 16.6. The van der Waals surface area contributed by atoms with E-state index in [0.29, 0.717) is 19.0 Å². The second kappa shape index (κ2) is 6.24. The van der Waals surface area contributed by atoms with Crippen LogP contribution in [0, 0.1) is 11.8 Å². The van der Waals surface area contributed by atoms with Gasteiger partial charge in [0.05, 0.1) is 0 Å². The van der Waals surface area contributed by atoms with Crippen molar-refractivity contribution in [1.82, 2.24) is 10.2 Å². The molecule has 2 fully saturated rings. The van der Waals surface area contributed by atoms with Gasteiger partial charge >= 0.3 is 6.09 Å². The molecule has 2 aliphatic rings. The van der Waals surface area contributed by atoms with Crippen LogP contribution in [0.4, 0.5) is 4.79 Å². The van der Waals surface area contributed by atoms with Crippen LogP contribution in [0.1, 0.15) is 53.4 Å². The summed E-state index contributed by atoms with van der Waals surface area (Å²) in [5.74, 6) is 0.897. The monoisotopic (exact) mass is 296 g/mol. The van der Waals surface area contributed by atoms with Gasteiger partial charge < -0.3 is 15.0 Å². The molecule has 1 aliphatic carbocycles. The molecule has 2 rings (SSSR count). The lowest BCUT2D eigenvalue weighted by atomic mass is 10.0. The van der Waals surface area contributed by atoms with Crippen molar-refractivity contribution in [3.63, 3.8) is 0 Å². The highest BCUT2D eigenvalue weighted by Crippen LogP contribution is 2.36. The van der Waals surface area contributed by atoms with Crippen LogP contribution >= 0.6 is 0 Å². The SMILES string of the molecule is CC(C(=O)NC1CCN(C(=O)OC(C)(C)C)CC1)C1CC1. The fourth-order valence-electron chi connectivity index (χ4n) is 2.68. The van der Waals surface area contributed by atoms with Crippen molar-refractivity contribution in [2.45, 2.75) is 65.0 Å². The zero-order valence-corrected chi connectivity index (χ0v) is 13.6. The van der Waals surface area contributed by atoms with Gasteiger partial charge in [-0.1, -0.05) is 6.92 Å². The zero-order valence-electron chi connectivity index (χ0n) is 13.6. The summed E-state index contributed by atoms with van der Waals surface area (Å²) in [5.41, 5.74) is -0.457. The molecule has 0 aromatic heterocycles. The summed E-state index contributed by atoms with van der Waals surface area (Å²) in [6, 6.07) is 0.192. The first-order valence-corrected chi connectivity index (χ1v) is 8.04. The van der Waals surface area contributed by atoms with Gasteiger partial charge in [0, 0.05) is 25.0 Å². The molecule has 1 aliphatic heterocycles. The van der Waals surface area contributed by atoms with Crippen molar-refractivity contribution < 1.29 is 14.3 Å². The smallest absolute Gasteiger partial charge is 0.410 e. The summed E-state index contributed by atoms with van der Waals surface area (Å²) in [5, 5.41) is 3.13. The lowest BCUT2D eigenvalue weighted by Gasteiger charge is -2.34. The molecule has 5 heteroatoms. The van der Waals surface area contributed by atoms with E-state index in [1.807, 2.05) is 27.7 Å². The fourth-order valence-corrected chi connectivity index (χ4v) is 2.68. The van der Waals surface area contributed by atoms with Gasteiger partial charge in [-0.05, 0) is 52.4 Å². The van der Waals surface area contributed by atoms with Crippen LogP contribution in [0.2, 0.25) is 0 Å². The molecule has 1 atom stereocenters. The van der Waals surface area contributed by atoms with Crippen molar-refractivity contribution in [1.29, 1.82) is 0 Å². The molecule has 0 spiro atoms. The van der Waals surface area contributed by atoms with Gasteiger partial charge in [0.15, 0.2) is 0 Å². The van der Waals surface area contributed by atoms with E-state index in [-0.39, 0.29) is 24.0 Å². The normalized spacial score (nSPS) is 21.8. The Hall–Kier alpha value is -1.26. The van der Waals surface area contributed by atoms with Crippen LogP contribution in [0.3, 0.4) is 0 Å². The van der Waals surface area contributed by atoms with Gasteiger partial charge in [-0.2, -0.15) is 0 Å². The van der Waals surface area contributed by atoms with E-state index in [4.69, 9.17) is 4.74 Å². The second-order valence-corrected chi connectivity index (χ2v) is 7.38. The Bertz CT molecular complexity index is 391. The lowest BCUT2D eigenvalue weighted by molar-refractivity contribution is -0.126. The first-order valence-electron chi connectivity index (χ1n) is 8.04. The van der Waals surface area contributed by atoms with Crippen LogP contribution in [0.15, 0.2) is 0 Å². The van der Waals surface area contributed by atoms with E-state index >= 15 is 0 Å². The van der Waals surface area contributed by atoms with Crippen LogP contribution in [-0.2, 0) is 9.53 Å². The van der Waals surface area contributed by atoms with Gasteiger partial charge in [0.2, 0.25) is 5.91 Å². The van der Waals surface area contributed by atoms with E-state index in [1.54, 1.807) is 4.90 Å². The Morgan fingerprint density at radius 2 is 1.71 bits per heavy atom. The zero-order chi connectivity index (χ0) is 15.6. The minimum Gasteiger partial charge on any atom is -0.444 e. The van der Waals surface area contributed by atoms with Gasteiger partial charge in [-0.15, -0.1) is 0 Å². The van der Waals surface area contributed by atoms with Crippen molar-refractivity contribution in [2.24, 2.45) is 11.8 Å². The first-order chi connectivity index (χ1) is 9.76. The largest absolute Gasteiger partial charge is 0.444 e. The van der Waals surface area contributed by atoms with Crippen molar-refractivity contribution in [3.8, 4) is 0 Å². The van der Waals surface area contributed by atoms with E-state index in [1.165, 1.54) is 12.8 Å². The van der Waals surface area contributed by atoms with Gasteiger partial charge in [-0.3, -0.25) is 4.79 Å². The molecule has 1 heterocycles. The number of hydrogen-bond acceptors (Lipinski definition) is 3. The Balaban J connectivity index is 1.72. The highest BCUT2D eigenvalue weighted by Gasteiger charge is 2.34. The molecule has 2 amide bonds. The molecule has 0 aromatic carbocycles. The first kappa shape index (κ1) is 16.1. The molecule has 21 heavy (non-hydrogen) atoms. The van der Waals surface area contributed by atoms with Gasteiger partial charge in [0.25, 0.3) is 0 Å². The second-order valence-electron chi connectivity index (χ2n) is 7.38. The van der Waals surface area contributed by atoms with Crippen molar-refractivity contribution in [2.75, 3.05) is 13.1 Å².